The van der Waals surface area contributed by atoms with Crippen LogP contribution in [0.3, 0.4) is 0 Å². The number of hydrogen-bond donors (Lipinski definition) is 0. The first-order chi connectivity index (χ1) is 13.0. The van der Waals surface area contributed by atoms with Gasteiger partial charge in [-0.25, -0.2) is 4.98 Å². The Bertz CT molecular complexity index is 954. The lowest BCUT2D eigenvalue weighted by Gasteiger charge is -2.31. The lowest BCUT2D eigenvalue weighted by atomic mass is 9.95. The summed E-state index contributed by atoms with van der Waals surface area (Å²) in [7, 11) is 6.10. The molecule has 0 bridgehead atoms. The lowest BCUT2D eigenvalue weighted by molar-refractivity contribution is 0.0710. The van der Waals surface area contributed by atoms with Gasteiger partial charge in [0.15, 0.2) is 0 Å². The molecule has 0 radical (unpaired) electrons. The number of amides is 1. The number of fused-ring (bicyclic) bond motifs is 1. The molecular weight excluding hydrogens is 360 g/mol. The third-order valence-electron chi connectivity index (χ3n) is 5.18. The van der Waals surface area contributed by atoms with Crippen LogP contribution in [0.25, 0.3) is 10.2 Å². The van der Waals surface area contributed by atoms with E-state index in [0.29, 0.717) is 5.92 Å². The normalized spacial score (nSPS) is 15.8. The zero-order valence-electron chi connectivity index (χ0n) is 15.9. The Morgan fingerprint density at radius 2 is 2.04 bits per heavy atom. The molecule has 0 saturated carbocycles. The number of carbonyl (C=O) groups is 1. The van der Waals surface area contributed by atoms with Gasteiger partial charge in [0.25, 0.3) is 5.91 Å². The van der Waals surface area contributed by atoms with Crippen LogP contribution < -0.4 is 0 Å². The van der Waals surface area contributed by atoms with Crippen LogP contribution in [0.15, 0.2) is 23.7 Å². The monoisotopic (exact) mass is 384 g/mol. The van der Waals surface area contributed by atoms with Gasteiger partial charge in [-0.2, -0.15) is 0 Å². The standard InChI is InChI=1S/C19H24N6OS/c1-23(2)11-17-21-22-18(24(17)3)13-6-8-25(9-7-13)19(26)14-4-5-15-16(10-14)27-12-20-15/h4-5,10,12-13H,6-9,11H2,1-3H3. The van der Waals surface area contributed by atoms with E-state index in [9.17, 15) is 4.79 Å². The maximum Gasteiger partial charge on any atom is 0.253 e. The number of rotatable bonds is 4. The summed E-state index contributed by atoms with van der Waals surface area (Å²) in [6, 6.07) is 5.77. The van der Waals surface area contributed by atoms with Crippen molar-refractivity contribution < 1.29 is 4.79 Å². The first kappa shape index (κ1) is 18.1. The number of likely N-dealkylation sites (tertiary alicyclic amines) is 1. The van der Waals surface area contributed by atoms with Crippen LogP contribution in [0.1, 0.15) is 40.8 Å². The second kappa shape index (κ2) is 7.36. The molecule has 1 saturated heterocycles. The van der Waals surface area contributed by atoms with Crippen molar-refractivity contribution in [1.29, 1.82) is 0 Å². The lowest BCUT2D eigenvalue weighted by Crippen LogP contribution is -2.38. The van der Waals surface area contributed by atoms with Gasteiger partial charge in [-0.05, 0) is 45.1 Å². The average molecular weight is 385 g/mol. The summed E-state index contributed by atoms with van der Waals surface area (Å²) >= 11 is 1.57. The first-order valence-electron chi connectivity index (χ1n) is 9.18. The van der Waals surface area contributed by atoms with Crippen LogP contribution in [0.5, 0.6) is 0 Å². The van der Waals surface area contributed by atoms with Crippen LogP contribution in [0.2, 0.25) is 0 Å². The van der Waals surface area contributed by atoms with Crippen molar-refractivity contribution in [2.75, 3.05) is 27.2 Å². The third kappa shape index (κ3) is 3.59. The van der Waals surface area contributed by atoms with Crippen molar-refractivity contribution in [3.8, 4) is 0 Å². The summed E-state index contributed by atoms with van der Waals surface area (Å²) < 4.78 is 3.17. The summed E-state index contributed by atoms with van der Waals surface area (Å²) in [6.07, 6.45) is 1.84. The predicted molar refractivity (Wildman–Crippen MR) is 106 cm³/mol. The van der Waals surface area contributed by atoms with E-state index in [1.54, 1.807) is 11.3 Å². The molecule has 4 rings (SSSR count). The van der Waals surface area contributed by atoms with Gasteiger partial charge in [0.05, 0.1) is 22.3 Å². The number of benzene rings is 1. The van der Waals surface area contributed by atoms with Crippen molar-refractivity contribution >= 4 is 27.5 Å². The van der Waals surface area contributed by atoms with Crippen molar-refractivity contribution in [2.24, 2.45) is 7.05 Å². The second-order valence-electron chi connectivity index (χ2n) is 7.37. The molecule has 8 heteroatoms. The molecule has 1 aliphatic rings. The van der Waals surface area contributed by atoms with Crippen molar-refractivity contribution in [2.45, 2.75) is 25.3 Å². The zero-order valence-corrected chi connectivity index (χ0v) is 16.7. The summed E-state index contributed by atoms with van der Waals surface area (Å²) in [5.74, 6) is 2.47. The van der Waals surface area contributed by atoms with E-state index in [4.69, 9.17) is 0 Å². The number of hydrogen-bond acceptors (Lipinski definition) is 6. The quantitative estimate of drug-likeness (QED) is 0.691. The van der Waals surface area contributed by atoms with E-state index < -0.39 is 0 Å². The fourth-order valence-corrected chi connectivity index (χ4v) is 4.38. The van der Waals surface area contributed by atoms with Gasteiger partial charge in [-0.15, -0.1) is 21.5 Å². The van der Waals surface area contributed by atoms with Gasteiger partial charge < -0.3 is 14.4 Å². The highest BCUT2D eigenvalue weighted by molar-refractivity contribution is 7.16. The Morgan fingerprint density at radius 1 is 1.26 bits per heavy atom. The van der Waals surface area contributed by atoms with E-state index in [0.717, 1.165) is 59.9 Å². The number of aromatic nitrogens is 4. The molecular formula is C19H24N6OS. The SMILES string of the molecule is CN(C)Cc1nnc(C2CCN(C(=O)c3ccc4ncsc4c3)CC2)n1C. The molecule has 0 aliphatic carbocycles. The summed E-state index contributed by atoms with van der Waals surface area (Å²) in [4.78, 5) is 21.2. The summed E-state index contributed by atoms with van der Waals surface area (Å²) in [5, 5.41) is 8.77. The molecule has 0 spiro atoms. The van der Waals surface area contributed by atoms with Crippen LogP contribution in [0, 0.1) is 0 Å². The molecule has 0 atom stereocenters. The van der Waals surface area contributed by atoms with Crippen molar-refractivity contribution in [1.82, 2.24) is 29.5 Å². The fraction of sp³-hybridized carbons (Fsp3) is 0.474. The van der Waals surface area contributed by atoms with E-state index in [2.05, 4.69) is 24.6 Å². The Labute approximate surface area is 162 Å². The number of thiazole rings is 1. The maximum atomic E-state index is 12.9. The summed E-state index contributed by atoms with van der Waals surface area (Å²) in [5.41, 5.74) is 3.51. The summed E-state index contributed by atoms with van der Waals surface area (Å²) in [6.45, 7) is 2.28. The first-order valence-corrected chi connectivity index (χ1v) is 10.1. The van der Waals surface area contributed by atoms with Crippen LogP contribution in [-0.4, -0.2) is 62.6 Å². The molecule has 1 aliphatic heterocycles. The maximum absolute atomic E-state index is 12.9. The Balaban J connectivity index is 1.42. The van der Waals surface area contributed by atoms with Gasteiger partial charge >= 0.3 is 0 Å². The van der Waals surface area contributed by atoms with Crippen molar-refractivity contribution in [3.05, 3.63) is 40.9 Å². The van der Waals surface area contributed by atoms with Gasteiger partial charge in [-0.3, -0.25) is 4.79 Å². The highest BCUT2D eigenvalue weighted by Gasteiger charge is 2.28. The van der Waals surface area contributed by atoms with Gasteiger partial charge in [0, 0.05) is 31.6 Å². The molecule has 1 amide bonds. The second-order valence-corrected chi connectivity index (χ2v) is 8.26. The molecule has 1 aromatic carbocycles. The van der Waals surface area contributed by atoms with Crippen LogP contribution >= 0.6 is 11.3 Å². The smallest absolute Gasteiger partial charge is 0.253 e. The third-order valence-corrected chi connectivity index (χ3v) is 5.97. The molecule has 3 heterocycles. The van der Waals surface area contributed by atoms with E-state index in [-0.39, 0.29) is 5.91 Å². The molecule has 0 unspecified atom stereocenters. The number of nitrogens with zero attached hydrogens (tertiary/aromatic N) is 6. The van der Waals surface area contributed by atoms with E-state index >= 15 is 0 Å². The van der Waals surface area contributed by atoms with Crippen LogP contribution in [0.4, 0.5) is 0 Å². The topological polar surface area (TPSA) is 67.2 Å². The fourth-order valence-electron chi connectivity index (χ4n) is 3.66. The number of piperidine rings is 1. The molecule has 27 heavy (non-hydrogen) atoms. The molecule has 142 valence electrons. The predicted octanol–water partition coefficient (Wildman–Crippen LogP) is 2.51. The van der Waals surface area contributed by atoms with Crippen LogP contribution in [-0.2, 0) is 13.6 Å². The number of carbonyl (C=O) groups excluding carboxylic acids is 1. The Morgan fingerprint density at radius 3 is 2.78 bits per heavy atom. The van der Waals surface area contributed by atoms with E-state index in [1.807, 2.05) is 49.8 Å². The molecule has 3 aromatic rings. The zero-order chi connectivity index (χ0) is 19.0. The van der Waals surface area contributed by atoms with Crippen molar-refractivity contribution in [3.63, 3.8) is 0 Å². The molecule has 0 N–H and O–H groups in total. The molecule has 7 nitrogen and oxygen atoms in total. The minimum absolute atomic E-state index is 0.106. The highest BCUT2D eigenvalue weighted by Crippen LogP contribution is 2.28. The molecule has 1 fully saturated rings. The Hall–Kier alpha value is -2.32. The van der Waals surface area contributed by atoms with E-state index in [1.165, 1.54) is 0 Å². The molecule has 2 aromatic heterocycles. The van der Waals surface area contributed by atoms with Gasteiger partial charge in [0.1, 0.15) is 11.6 Å². The van der Waals surface area contributed by atoms with Gasteiger partial charge in [0.2, 0.25) is 0 Å². The highest BCUT2D eigenvalue weighted by atomic mass is 32.1. The largest absolute Gasteiger partial charge is 0.339 e. The average Bonchev–Trinajstić information content (AvgIpc) is 3.27. The Kier molecular flexibility index (Phi) is 4.92. The van der Waals surface area contributed by atoms with Gasteiger partial charge in [-0.1, -0.05) is 0 Å². The minimum atomic E-state index is 0.106. The minimum Gasteiger partial charge on any atom is -0.339 e.